The van der Waals surface area contributed by atoms with Crippen LogP contribution in [0.15, 0.2) is 18.2 Å². The lowest BCUT2D eigenvalue weighted by Crippen LogP contribution is -2.29. The van der Waals surface area contributed by atoms with Crippen molar-refractivity contribution in [2.45, 2.75) is 19.8 Å². The molecule has 0 amide bonds. The highest BCUT2D eigenvalue weighted by Gasteiger charge is 2.43. The van der Waals surface area contributed by atoms with Gasteiger partial charge in [0, 0.05) is 5.56 Å². The fourth-order valence-corrected chi connectivity index (χ4v) is 1.48. The Labute approximate surface area is 102 Å². The minimum atomic E-state index is -3.78. The van der Waals surface area contributed by atoms with E-state index in [4.69, 9.17) is 5.11 Å². The number of aromatic carboxylic acids is 1. The molecule has 0 atom stereocenters. The second-order valence-electron chi connectivity index (χ2n) is 3.63. The SMILES string of the molecule is CCOC(=O)C(F)(F)c1ccc(C(=O)O)cc1C. The first-order chi connectivity index (χ1) is 8.30. The predicted octanol–water partition coefficient (Wildman–Crippen LogP) is 2.35. The number of alkyl halides is 2. The van der Waals surface area contributed by atoms with Crippen LogP contribution < -0.4 is 0 Å². The van der Waals surface area contributed by atoms with Crippen molar-refractivity contribution in [1.82, 2.24) is 0 Å². The Morgan fingerprint density at radius 2 is 2.00 bits per heavy atom. The summed E-state index contributed by atoms with van der Waals surface area (Å²) in [6.07, 6.45) is 0. The van der Waals surface area contributed by atoms with Crippen molar-refractivity contribution in [3.05, 3.63) is 34.9 Å². The molecular formula is C12H12F2O4. The highest BCUT2D eigenvalue weighted by atomic mass is 19.3. The van der Waals surface area contributed by atoms with Crippen molar-refractivity contribution >= 4 is 11.9 Å². The van der Waals surface area contributed by atoms with Gasteiger partial charge in [-0.2, -0.15) is 8.78 Å². The minimum Gasteiger partial charge on any atom is -0.478 e. The number of esters is 1. The normalized spacial score (nSPS) is 11.1. The fourth-order valence-electron chi connectivity index (χ4n) is 1.48. The molecule has 18 heavy (non-hydrogen) atoms. The maximum atomic E-state index is 13.7. The maximum absolute atomic E-state index is 13.7. The van der Waals surface area contributed by atoms with Crippen molar-refractivity contribution < 1.29 is 28.2 Å². The Bertz CT molecular complexity index is 483. The molecular weight excluding hydrogens is 246 g/mol. The summed E-state index contributed by atoms with van der Waals surface area (Å²) in [5, 5.41) is 8.72. The van der Waals surface area contributed by atoms with E-state index in [2.05, 4.69) is 4.74 Å². The standard InChI is InChI=1S/C12H12F2O4/c1-3-18-11(17)12(13,14)9-5-4-8(10(15)16)6-7(9)2/h4-6H,3H2,1-2H3,(H,15,16). The molecule has 0 aliphatic carbocycles. The van der Waals surface area contributed by atoms with Crippen molar-refractivity contribution in [1.29, 1.82) is 0 Å². The third-order valence-corrected chi connectivity index (χ3v) is 2.34. The van der Waals surface area contributed by atoms with E-state index < -0.39 is 23.4 Å². The van der Waals surface area contributed by atoms with E-state index in [0.717, 1.165) is 18.2 Å². The molecule has 0 aliphatic rings. The van der Waals surface area contributed by atoms with Gasteiger partial charge in [0.05, 0.1) is 12.2 Å². The van der Waals surface area contributed by atoms with Crippen molar-refractivity contribution in [3.63, 3.8) is 0 Å². The second kappa shape index (κ2) is 5.12. The first kappa shape index (κ1) is 14.1. The van der Waals surface area contributed by atoms with E-state index in [-0.39, 0.29) is 17.7 Å². The zero-order chi connectivity index (χ0) is 13.9. The largest absolute Gasteiger partial charge is 0.478 e. The molecule has 0 unspecified atom stereocenters. The van der Waals surface area contributed by atoms with Crippen LogP contribution >= 0.6 is 0 Å². The van der Waals surface area contributed by atoms with Gasteiger partial charge in [0.1, 0.15) is 0 Å². The Balaban J connectivity index is 3.17. The molecule has 0 aromatic heterocycles. The summed E-state index contributed by atoms with van der Waals surface area (Å²) in [7, 11) is 0. The molecule has 98 valence electrons. The highest BCUT2D eigenvalue weighted by molar-refractivity contribution is 5.88. The van der Waals surface area contributed by atoms with E-state index >= 15 is 0 Å². The van der Waals surface area contributed by atoms with Crippen molar-refractivity contribution in [2.75, 3.05) is 6.61 Å². The number of aryl methyl sites for hydroxylation is 1. The van der Waals surface area contributed by atoms with E-state index in [1.807, 2.05) is 0 Å². The van der Waals surface area contributed by atoms with Crippen LogP contribution in [0.2, 0.25) is 0 Å². The van der Waals surface area contributed by atoms with Crippen molar-refractivity contribution in [2.24, 2.45) is 0 Å². The smallest absolute Gasteiger partial charge is 0.381 e. The third-order valence-electron chi connectivity index (χ3n) is 2.34. The van der Waals surface area contributed by atoms with Crippen molar-refractivity contribution in [3.8, 4) is 0 Å². The van der Waals surface area contributed by atoms with Gasteiger partial charge in [0.15, 0.2) is 0 Å². The monoisotopic (exact) mass is 258 g/mol. The molecule has 1 aromatic carbocycles. The molecule has 1 rings (SSSR count). The maximum Gasteiger partial charge on any atom is 0.381 e. The Hall–Kier alpha value is -1.98. The number of ether oxygens (including phenoxy) is 1. The summed E-state index contributed by atoms with van der Waals surface area (Å²) in [4.78, 5) is 21.8. The van der Waals surface area contributed by atoms with Crippen LogP contribution in [-0.4, -0.2) is 23.7 Å². The van der Waals surface area contributed by atoms with Crippen LogP contribution in [0.3, 0.4) is 0 Å². The Kier molecular flexibility index (Phi) is 4.00. The second-order valence-corrected chi connectivity index (χ2v) is 3.63. The Morgan fingerprint density at radius 1 is 1.39 bits per heavy atom. The van der Waals surface area contributed by atoms with Gasteiger partial charge >= 0.3 is 17.9 Å². The lowest BCUT2D eigenvalue weighted by molar-refractivity contribution is -0.173. The van der Waals surface area contributed by atoms with Gasteiger partial charge in [-0.25, -0.2) is 9.59 Å². The van der Waals surface area contributed by atoms with Crippen LogP contribution in [0.5, 0.6) is 0 Å². The van der Waals surface area contributed by atoms with Crippen LogP contribution in [0.4, 0.5) is 8.78 Å². The Morgan fingerprint density at radius 3 is 2.44 bits per heavy atom. The molecule has 0 spiro atoms. The molecule has 4 nitrogen and oxygen atoms in total. The van der Waals surface area contributed by atoms with Crippen LogP contribution in [0.1, 0.15) is 28.4 Å². The molecule has 0 aliphatic heterocycles. The van der Waals surface area contributed by atoms with Gasteiger partial charge in [-0.05, 0) is 31.5 Å². The molecule has 0 fully saturated rings. The van der Waals surface area contributed by atoms with Gasteiger partial charge < -0.3 is 9.84 Å². The van der Waals surface area contributed by atoms with E-state index in [9.17, 15) is 18.4 Å². The number of benzene rings is 1. The number of carbonyl (C=O) groups excluding carboxylic acids is 1. The average molecular weight is 258 g/mol. The molecule has 0 radical (unpaired) electrons. The summed E-state index contributed by atoms with van der Waals surface area (Å²) in [6, 6.07) is 3.04. The quantitative estimate of drug-likeness (QED) is 0.842. The summed E-state index contributed by atoms with van der Waals surface area (Å²) in [5.74, 6) is -6.64. The summed E-state index contributed by atoms with van der Waals surface area (Å²) >= 11 is 0. The molecule has 1 N–H and O–H groups in total. The van der Waals surface area contributed by atoms with Gasteiger partial charge in [-0.1, -0.05) is 6.07 Å². The van der Waals surface area contributed by atoms with E-state index in [0.29, 0.717) is 0 Å². The van der Waals surface area contributed by atoms with E-state index in [1.54, 1.807) is 0 Å². The van der Waals surface area contributed by atoms with Gasteiger partial charge in [-0.15, -0.1) is 0 Å². The number of hydrogen-bond donors (Lipinski definition) is 1. The fraction of sp³-hybridized carbons (Fsp3) is 0.333. The minimum absolute atomic E-state index is 0.0213. The van der Waals surface area contributed by atoms with Gasteiger partial charge in [0.25, 0.3) is 0 Å². The molecule has 6 heteroatoms. The summed E-state index contributed by atoms with van der Waals surface area (Å²) in [5.41, 5.74) is -0.644. The molecule has 0 saturated carbocycles. The first-order valence-corrected chi connectivity index (χ1v) is 5.20. The van der Waals surface area contributed by atoms with Crippen LogP contribution in [-0.2, 0) is 15.5 Å². The molecule has 0 bridgehead atoms. The topological polar surface area (TPSA) is 63.6 Å². The number of carboxylic acids is 1. The molecule has 1 aromatic rings. The zero-order valence-electron chi connectivity index (χ0n) is 9.87. The summed E-state index contributed by atoms with van der Waals surface area (Å²) in [6.45, 7) is 2.59. The lowest BCUT2D eigenvalue weighted by Gasteiger charge is -2.17. The average Bonchev–Trinajstić information content (AvgIpc) is 2.28. The number of carboxylic acid groups (broad SMARTS) is 1. The zero-order valence-corrected chi connectivity index (χ0v) is 9.87. The predicted molar refractivity (Wildman–Crippen MR) is 58.7 cm³/mol. The lowest BCUT2D eigenvalue weighted by atomic mass is 10.00. The number of halogens is 2. The van der Waals surface area contributed by atoms with E-state index in [1.165, 1.54) is 13.8 Å². The van der Waals surface area contributed by atoms with Gasteiger partial charge in [0.2, 0.25) is 0 Å². The highest BCUT2D eigenvalue weighted by Crippen LogP contribution is 2.32. The summed E-state index contributed by atoms with van der Waals surface area (Å²) < 4.78 is 31.7. The molecule has 0 saturated heterocycles. The molecule has 0 heterocycles. The number of hydrogen-bond acceptors (Lipinski definition) is 3. The van der Waals surface area contributed by atoms with Gasteiger partial charge in [-0.3, -0.25) is 0 Å². The first-order valence-electron chi connectivity index (χ1n) is 5.20. The van der Waals surface area contributed by atoms with Crippen LogP contribution in [0.25, 0.3) is 0 Å². The number of carbonyl (C=O) groups is 2. The van der Waals surface area contributed by atoms with Crippen LogP contribution in [0, 0.1) is 6.92 Å². The third kappa shape index (κ3) is 2.64. The number of rotatable bonds is 4.